The standard InChI is InChI=1S/C18H13BrFNO3/c1-21-15(12-4-2-3-5-13(12)20)14(17(23)18(21)24)16(22)10-6-8-11(19)9-7-10/h2-9,15,22H,1H3/b16-14+/t15-/m1/s1. The summed E-state index contributed by atoms with van der Waals surface area (Å²) in [5.41, 5.74) is 0.429. The van der Waals surface area contributed by atoms with Crippen LogP contribution in [-0.4, -0.2) is 28.7 Å². The maximum Gasteiger partial charge on any atom is 0.295 e. The van der Waals surface area contributed by atoms with E-state index >= 15 is 0 Å². The molecule has 24 heavy (non-hydrogen) atoms. The lowest BCUT2D eigenvalue weighted by Gasteiger charge is -2.21. The van der Waals surface area contributed by atoms with Crippen molar-refractivity contribution in [2.45, 2.75) is 6.04 Å². The van der Waals surface area contributed by atoms with E-state index in [1.165, 1.54) is 25.2 Å². The highest BCUT2D eigenvalue weighted by molar-refractivity contribution is 9.10. The Balaban J connectivity index is 2.20. The third-order valence-electron chi connectivity index (χ3n) is 3.99. The number of rotatable bonds is 2. The van der Waals surface area contributed by atoms with Gasteiger partial charge in [-0.05, 0) is 18.2 Å². The van der Waals surface area contributed by atoms with Crippen molar-refractivity contribution in [3.05, 3.63) is 75.5 Å². The second-order valence-corrected chi connectivity index (χ2v) is 6.35. The van der Waals surface area contributed by atoms with Gasteiger partial charge in [0, 0.05) is 22.6 Å². The van der Waals surface area contributed by atoms with Gasteiger partial charge in [0.15, 0.2) is 0 Å². The van der Waals surface area contributed by atoms with Crippen LogP contribution in [0.1, 0.15) is 17.2 Å². The van der Waals surface area contributed by atoms with Crippen LogP contribution in [0.3, 0.4) is 0 Å². The molecule has 2 aromatic carbocycles. The van der Waals surface area contributed by atoms with Gasteiger partial charge < -0.3 is 10.0 Å². The van der Waals surface area contributed by atoms with Gasteiger partial charge in [-0.25, -0.2) is 4.39 Å². The fourth-order valence-electron chi connectivity index (χ4n) is 2.77. The molecule has 2 aromatic rings. The lowest BCUT2D eigenvalue weighted by atomic mass is 9.95. The second-order valence-electron chi connectivity index (χ2n) is 5.44. The lowest BCUT2D eigenvalue weighted by molar-refractivity contribution is -0.139. The summed E-state index contributed by atoms with van der Waals surface area (Å²) in [6.07, 6.45) is 0. The van der Waals surface area contributed by atoms with Gasteiger partial charge in [-0.15, -0.1) is 0 Å². The van der Waals surface area contributed by atoms with Crippen LogP contribution in [0.5, 0.6) is 0 Å². The molecule has 0 aliphatic carbocycles. The van der Waals surface area contributed by atoms with Crippen molar-refractivity contribution in [2.24, 2.45) is 0 Å². The van der Waals surface area contributed by atoms with E-state index in [1.54, 1.807) is 30.3 Å². The van der Waals surface area contributed by atoms with Gasteiger partial charge in [0.25, 0.3) is 11.7 Å². The van der Waals surface area contributed by atoms with E-state index < -0.39 is 23.5 Å². The topological polar surface area (TPSA) is 57.6 Å². The third-order valence-corrected chi connectivity index (χ3v) is 4.52. The number of aliphatic hydroxyl groups is 1. The van der Waals surface area contributed by atoms with Crippen LogP contribution in [0, 0.1) is 5.82 Å². The molecule has 0 spiro atoms. The molecular weight excluding hydrogens is 377 g/mol. The van der Waals surface area contributed by atoms with Gasteiger partial charge in [-0.1, -0.05) is 46.3 Å². The number of likely N-dealkylation sites (N-methyl/N-ethyl adjacent to an activating group) is 1. The molecule has 1 saturated heterocycles. The Morgan fingerprint density at radius 3 is 2.38 bits per heavy atom. The van der Waals surface area contributed by atoms with Gasteiger partial charge in [-0.3, -0.25) is 9.59 Å². The van der Waals surface area contributed by atoms with Crippen LogP contribution in [0.25, 0.3) is 5.76 Å². The first-order chi connectivity index (χ1) is 11.4. The normalized spacial score (nSPS) is 19.8. The highest BCUT2D eigenvalue weighted by Gasteiger charge is 2.45. The van der Waals surface area contributed by atoms with Gasteiger partial charge >= 0.3 is 0 Å². The number of benzene rings is 2. The van der Waals surface area contributed by atoms with Crippen LogP contribution in [0.15, 0.2) is 58.6 Å². The minimum absolute atomic E-state index is 0.116. The molecule has 1 aliphatic rings. The Morgan fingerprint density at radius 2 is 1.75 bits per heavy atom. The number of halogens is 2. The molecule has 1 amide bonds. The number of ketones is 1. The Labute approximate surface area is 146 Å². The molecule has 0 unspecified atom stereocenters. The van der Waals surface area contributed by atoms with Crippen molar-refractivity contribution in [1.29, 1.82) is 0 Å². The molecule has 6 heteroatoms. The van der Waals surface area contributed by atoms with Gasteiger partial charge in [-0.2, -0.15) is 0 Å². The summed E-state index contributed by atoms with van der Waals surface area (Å²) < 4.78 is 15.0. The predicted octanol–water partition coefficient (Wildman–Crippen LogP) is 3.64. The SMILES string of the molecule is CN1C(=O)C(=O)/C(=C(/O)c2ccc(Br)cc2)[C@H]1c1ccccc1F. The summed E-state index contributed by atoms with van der Waals surface area (Å²) >= 11 is 3.29. The third kappa shape index (κ3) is 2.63. The summed E-state index contributed by atoms with van der Waals surface area (Å²) in [5, 5.41) is 10.6. The van der Waals surface area contributed by atoms with Gasteiger partial charge in [0.1, 0.15) is 11.6 Å². The monoisotopic (exact) mass is 389 g/mol. The van der Waals surface area contributed by atoms with Crippen molar-refractivity contribution in [1.82, 2.24) is 4.90 Å². The van der Waals surface area contributed by atoms with Crippen molar-refractivity contribution < 1.29 is 19.1 Å². The molecule has 122 valence electrons. The van der Waals surface area contributed by atoms with Crippen molar-refractivity contribution in [3.8, 4) is 0 Å². The molecule has 1 aliphatic heterocycles. The summed E-state index contributed by atoms with van der Waals surface area (Å²) in [4.78, 5) is 25.6. The predicted molar refractivity (Wildman–Crippen MR) is 90.6 cm³/mol. The summed E-state index contributed by atoms with van der Waals surface area (Å²) in [5.74, 6) is -2.47. The molecule has 4 nitrogen and oxygen atoms in total. The Hall–Kier alpha value is -2.47. The average molecular weight is 390 g/mol. The highest BCUT2D eigenvalue weighted by atomic mass is 79.9. The zero-order valence-corrected chi connectivity index (χ0v) is 14.2. The number of aliphatic hydroxyl groups excluding tert-OH is 1. The van der Waals surface area contributed by atoms with Crippen molar-refractivity contribution >= 4 is 33.4 Å². The molecule has 1 fully saturated rings. The molecule has 0 aromatic heterocycles. The van der Waals surface area contributed by atoms with Crippen molar-refractivity contribution in [2.75, 3.05) is 7.05 Å². The molecule has 3 rings (SSSR count). The zero-order valence-electron chi connectivity index (χ0n) is 12.7. The van der Waals surface area contributed by atoms with E-state index in [0.29, 0.717) is 5.56 Å². The van der Waals surface area contributed by atoms with Gasteiger partial charge in [0.2, 0.25) is 0 Å². The van der Waals surface area contributed by atoms with E-state index in [1.807, 2.05) is 0 Å². The van der Waals surface area contributed by atoms with E-state index in [2.05, 4.69) is 15.9 Å². The van der Waals surface area contributed by atoms with E-state index in [9.17, 15) is 19.1 Å². The Morgan fingerprint density at radius 1 is 1.12 bits per heavy atom. The Kier molecular flexibility index (Phi) is 4.24. The molecule has 1 heterocycles. The Bertz CT molecular complexity index is 861. The zero-order chi connectivity index (χ0) is 17.4. The quantitative estimate of drug-likeness (QED) is 0.484. The molecule has 0 radical (unpaired) electrons. The first-order valence-corrected chi connectivity index (χ1v) is 7.96. The van der Waals surface area contributed by atoms with E-state index in [4.69, 9.17) is 0 Å². The number of hydrogen-bond acceptors (Lipinski definition) is 3. The largest absolute Gasteiger partial charge is 0.507 e. The summed E-state index contributed by atoms with van der Waals surface area (Å²) in [6.45, 7) is 0. The van der Waals surface area contributed by atoms with Gasteiger partial charge in [0.05, 0.1) is 11.6 Å². The molecule has 0 saturated carbocycles. The van der Waals surface area contributed by atoms with Crippen molar-refractivity contribution in [3.63, 3.8) is 0 Å². The first kappa shape index (κ1) is 16.4. The minimum atomic E-state index is -0.963. The number of carbonyl (C=O) groups excluding carboxylic acids is 2. The van der Waals surface area contributed by atoms with Crippen LogP contribution in [0.2, 0.25) is 0 Å². The van der Waals surface area contributed by atoms with Crippen LogP contribution < -0.4 is 0 Å². The summed E-state index contributed by atoms with van der Waals surface area (Å²) in [7, 11) is 1.42. The molecular formula is C18H13BrFNO3. The smallest absolute Gasteiger partial charge is 0.295 e. The number of amides is 1. The maximum atomic E-state index is 14.2. The number of likely N-dealkylation sites (tertiary alicyclic amines) is 1. The van der Waals surface area contributed by atoms with Crippen LogP contribution in [0.4, 0.5) is 4.39 Å². The second kappa shape index (κ2) is 6.20. The number of carbonyl (C=O) groups is 2. The minimum Gasteiger partial charge on any atom is -0.507 e. The molecule has 1 N–H and O–H groups in total. The summed E-state index contributed by atoms with van der Waals surface area (Å²) in [6, 6.07) is 11.6. The van der Waals surface area contributed by atoms with E-state index in [0.717, 1.165) is 9.37 Å². The maximum absolute atomic E-state index is 14.2. The number of Topliss-reactive ketones (excluding diaryl/α,β-unsaturated/α-hetero) is 1. The number of hydrogen-bond donors (Lipinski definition) is 1. The van der Waals surface area contributed by atoms with Crippen LogP contribution in [-0.2, 0) is 9.59 Å². The fourth-order valence-corrected chi connectivity index (χ4v) is 3.04. The van der Waals surface area contributed by atoms with Crippen LogP contribution >= 0.6 is 15.9 Å². The molecule has 0 bridgehead atoms. The lowest BCUT2D eigenvalue weighted by Crippen LogP contribution is -2.25. The first-order valence-electron chi connectivity index (χ1n) is 7.16. The van der Waals surface area contributed by atoms with E-state index in [-0.39, 0.29) is 16.9 Å². The molecule has 1 atom stereocenters. The number of nitrogens with zero attached hydrogens (tertiary/aromatic N) is 1. The average Bonchev–Trinajstić information content (AvgIpc) is 2.79. The fraction of sp³-hybridized carbons (Fsp3) is 0.111. The highest BCUT2D eigenvalue weighted by Crippen LogP contribution is 2.39.